The third-order valence-electron chi connectivity index (χ3n) is 8.69. The van der Waals surface area contributed by atoms with Crippen LogP contribution in [-0.2, 0) is 0 Å². The zero-order chi connectivity index (χ0) is 17.1. The maximum Gasteiger partial charge on any atom is 0.0137 e. The number of fused-ring (bicyclic) bond motifs is 2. The topological polar surface area (TPSA) is 24.1 Å². The highest BCUT2D eigenvalue weighted by atomic mass is 15.0. The number of rotatable bonds is 9. The average molecular weight is 341 g/mol. The molecule has 5 saturated carbocycles. The van der Waals surface area contributed by atoms with Crippen LogP contribution in [0, 0.1) is 47.3 Å². The van der Waals surface area contributed by atoms with E-state index < -0.39 is 0 Å². The van der Waals surface area contributed by atoms with Crippen molar-refractivity contribution in [2.24, 2.45) is 47.3 Å². The average Bonchev–Trinajstić information content (AvgIpc) is 3.10. The maximum absolute atomic E-state index is 4.00. The first-order chi connectivity index (χ1) is 12.2. The van der Waals surface area contributed by atoms with Crippen LogP contribution in [0.15, 0.2) is 23.3 Å². The number of hydrogen-bond acceptors (Lipinski definition) is 2. The summed E-state index contributed by atoms with van der Waals surface area (Å²) in [5.74, 6) is 9.10. The lowest BCUT2D eigenvalue weighted by Gasteiger charge is -2.48. The molecule has 5 aliphatic rings. The molecule has 0 heterocycles. The molecule has 0 saturated heterocycles. The van der Waals surface area contributed by atoms with E-state index in [4.69, 9.17) is 0 Å². The molecule has 2 N–H and O–H groups in total. The van der Waals surface area contributed by atoms with E-state index in [1.807, 2.05) is 0 Å². The molecule has 2 heteroatoms. The molecule has 8 unspecified atom stereocenters. The highest BCUT2D eigenvalue weighted by molar-refractivity contribution is 5.29. The predicted octanol–water partition coefficient (Wildman–Crippen LogP) is 4.00. The molecule has 0 aromatic rings. The van der Waals surface area contributed by atoms with Crippen molar-refractivity contribution in [1.82, 2.24) is 10.6 Å². The fourth-order valence-corrected chi connectivity index (χ4v) is 8.11. The zero-order valence-corrected chi connectivity index (χ0v) is 16.3. The summed E-state index contributed by atoms with van der Waals surface area (Å²) in [4.78, 5) is 0. The summed E-state index contributed by atoms with van der Waals surface area (Å²) >= 11 is 0. The molecular weight excluding hydrogens is 304 g/mol. The van der Waals surface area contributed by atoms with Crippen LogP contribution in [0.4, 0.5) is 0 Å². The summed E-state index contributed by atoms with van der Waals surface area (Å²) < 4.78 is 0. The summed E-state index contributed by atoms with van der Waals surface area (Å²) in [6.45, 7) is 9.94. The van der Waals surface area contributed by atoms with Crippen LogP contribution in [-0.4, -0.2) is 25.7 Å². The zero-order valence-electron chi connectivity index (χ0n) is 16.3. The van der Waals surface area contributed by atoms with Crippen molar-refractivity contribution in [3.63, 3.8) is 0 Å². The summed E-state index contributed by atoms with van der Waals surface area (Å²) in [6, 6.07) is 0.894. The highest BCUT2D eigenvalue weighted by Gasteiger charge is 2.80. The first-order valence-electron chi connectivity index (χ1n) is 10.9. The van der Waals surface area contributed by atoms with Gasteiger partial charge in [-0.25, -0.2) is 0 Å². The highest BCUT2D eigenvalue weighted by Crippen LogP contribution is 2.82. The minimum absolute atomic E-state index is 0.894. The molecule has 0 aliphatic heterocycles. The van der Waals surface area contributed by atoms with E-state index in [-0.39, 0.29) is 0 Å². The molecule has 2 bridgehead atoms. The predicted molar refractivity (Wildman–Crippen MR) is 104 cm³/mol. The van der Waals surface area contributed by atoms with Gasteiger partial charge in [0, 0.05) is 25.7 Å². The van der Waals surface area contributed by atoms with E-state index in [2.05, 4.69) is 43.6 Å². The molecule has 0 aromatic heterocycles. The van der Waals surface area contributed by atoms with Crippen molar-refractivity contribution >= 4 is 0 Å². The van der Waals surface area contributed by atoms with Crippen LogP contribution in [0.25, 0.3) is 0 Å². The Labute approximate surface area is 153 Å². The van der Waals surface area contributed by atoms with Gasteiger partial charge in [0.05, 0.1) is 0 Å². The Hall–Kier alpha value is -0.600. The van der Waals surface area contributed by atoms with Gasteiger partial charge in [-0.15, -0.1) is 0 Å². The minimum atomic E-state index is 0.894. The summed E-state index contributed by atoms with van der Waals surface area (Å²) in [5.41, 5.74) is 2.95. The van der Waals surface area contributed by atoms with E-state index in [0.29, 0.717) is 0 Å². The van der Waals surface area contributed by atoms with Gasteiger partial charge < -0.3 is 10.6 Å². The third kappa shape index (κ3) is 2.43. The van der Waals surface area contributed by atoms with Crippen molar-refractivity contribution in [2.75, 3.05) is 19.6 Å². The largest absolute Gasteiger partial charge is 0.312 e. The Kier molecular flexibility index (Phi) is 4.13. The van der Waals surface area contributed by atoms with Gasteiger partial charge in [0.25, 0.3) is 0 Å². The third-order valence-corrected chi connectivity index (χ3v) is 8.69. The number of hydrogen-bond donors (Lipinski definition) is 2. The standard InChI is InChI=1S/C23H36N2/c1-13(2)5-4-6-14(3)7-8-24-9-10-25-23-20-16-12-17-19-15(16)11-18(20)21(19)22(17)23/h5,7,15-25H,4,6,8-12H2,1-3H3/b14-7+/t15?,16?,17?,18?,19?,20?,21?,22?,23-/m1/s1. The van der Waals surface area contributed by atoms with Gasteiger partial charge in [-0.1, -0.05) is 23.3 Å². The SMILES string of the molecule is CC(C)=CCC/C(C)=C/CNCCN[C@@H]1C2C3CC4C5C3CC2C5C41. The number of allylic oxidation sites excluding steroid dienone is 3. The van der Waals surface area contributed by atoms with Crippen molar-refractivity contribution < 1.29 is 0 Å². The normalized spacial score (nSPS) is 47.6. The lowest BCUT2D eigenvalue weighted by molar-refractivity contribution is 0.00991. The molecule has 0 radical (unpaired) electrons. The van der Waals surface area contributed by atoms with Gasteiger partial charge in [-0.3, -0.25) is 0 Å². The van der Waals surface area contributed by atoms with Crippen LogP contribution >= 0.6 is 0 Å². The lowest BCUT2D eigenvalue weighted by atomic mass is 9.59. The van der Waals surface area contributed by atoms with E-state index in [0.717, 1.165) is 61.2 Å². The molecular formula is C23H36N2. The molecule has 25 heavy (non-hydrogen) atoms. The summed E-state index contributed by atoms with van der Waals surface area (Å²) in [7, 11) is 0. The Bertz CT molecular complexity index is 581. The van der Waals surface area contributed by atoms with Gasteiger partial charge in [0.15, 0.2) is 0 Å². The van der Waals surface area contributed by atoms with Crippen LogP contribution in [0.5, 0.6) is 0 Å². The van der Waals surface area contributed by atoms with E-state index in [1.165, 1.54) is 35.8 Å². The minimum Gasteiger partial charge on any atom is -0.312 e. The Morgan fingerprint density at radius 1 is 0.840 bits per heavy atom. The second kappa shape index (κ2) is 6.23. The smallest absolute Gasteiger partial charge is 0.0137 e. The second-order valence-corrected chi connectivity index (χ2v) is 9.99. The van der Waals surface area contributed by atoms with Gasteiger partial charge in [-0.05, 0) is 93.8 Å². The molecule has 0 amide bonds. The monoisotopic (exact) mass is 340 g/mol. The van der Waals surface area contributed by atoms with Gasteiger partial charge in [-0.2, -0.15) is 0 Å². The summed E-state index contributed by atoms with van der Waals surface area (Å²) in [5, 5.41) is 7.62. The fraction of sp³-hybridized carbons (Fsp3) is 0.826. The Morgan fingerprint density at radius 2 is 1.60 bits per heavy atom. The lowest BCUT2D eigenvalue weighted by Crippen LogP contribution is -2.52. The van der Waals surface area contributed by atoms with Crippen LogP contribution in [0.3, 0.4) is 0 Å². The molecule has 5 fully saturated rings. The first-order valence-corrected chi connectivity index (χ1v) is 10.9. The van der Waals surface area contributed by atoms with Gasteiger partial charge in [0.2, 0.25) is 0 Å². The first kappa shape index (κ1) is 16.6. The molecule has 0 aromatic carbocycles. The molecule has 5 rings (SSSR count). The summed E-state index contributed by atoms with van der Waals surface area (Å²) in [6.07, 6.45) is 10.3. The Balaban J connectivity index is 1.02. The van der Waals surface area contributed by atoms with Gasteiger partial charge >= 0.3 is 0 Å². The molecule has 9 atom stereocenters. The molecule has 0 spiro atoms. The maximum atomic E-state index is 4.00. The van der Waals surface area contributed by atoms with Crippen molar-refractivity contribution in [3.8, 4) is 0 Å². The van der Waals surface area contributed by atoms with Crippen molar-refractivity contribution in [1.29, 1.82) is 0 Å². The number of nitrogens with one attached hydrogen (secondary N) is 2. The van der Waals surface area contributed by atoms with E-state index in [1.54, 1.807) is 12.8 Å². The van der Waals surface area contributed by atoms with Crippen molar-refractivity contribution in [2.45, 2.75) is 52.5 Å². The molecule has 2 nitrogen and oxygen atoms in total. The fourth-order valence-electron chi connectivity index (χ4n) is 8.11. The van der Waals surface area contributed by atoms with Crippen LogP contribution < -0.4 is 10.6 Å². The van der Waals surface area contributed by atoms with Crippen LogP contribution in [0.2, 0.25) is 0 Å². The van der Waals surface area contributed by atoms with E-state index in [9.17, 15) is 0 Å². The van der Waals surface area contributed by atoms with Gasteiger partial charge in [0.1, 0.15) is 0 Å². The van der Waals surface area contributed by atoms with Crippen LogP contribution in [0.1, 0.15) is 46.5 Å². The molecule has 5 aliphatic carbocycles. The van der Waals surface area contributed by atoms with Crippen molar-refractivity contribution in [3.05, 3.63) is 23.3 Å². The Morgan fingerprint density at radius 3 is 2.40 bits per heavy atom. The van der Waals surface area contributed by atoms with E-state index >= 15 is 0 Å². The quantitative estimate of drug-likeness (QED) is 0.490. The molecule has 138 valence electrons. The second-order valence-electron chi connectivity index (χ2n) is 9.99.